The van der Waals surface area contributed by atoms with E-state index < -0.39 is 11.6 Å². The van der Waals surface area contributed by atoms with E-state index in [9.17, 15) is 9.18 Å². The average Bonchev–Trinajstić information content (AvgIpc) is 2.54. The van der Waals surface area contributed by atoms with E-state index in [0.29, 0.717) is 0 Å². The fourth-order valence-corrected chi connectivity index (χ4v) is 1.00. The van der Waals surface area contributed by atoms with Crippen LogP contribution < -0.4 is 0 Å². The molecule has 4 heteroatoms. The van der Waals surface area contributed by atoms with Gasteiger partial charge in [-0.1, -0.05) is 5.92 Å². The second-order valence-corrected chi connectivity index (χ2v) is 2.77. The van der Waals surface area contributed by atoms with Gasteiger partial charge in [0.2, 0.25) is 5.67 Å². The molecule has 0 aromatic rings. The van der Waals surface area contributed by atoms with Crippen LogP contribution in [0, 0.1) is 11.8 Å². The first-order valence-corrected chi connectivity index (χ1v) is 4.02. The molecule has 1 atom stereocenters. The number of carbonyl (C=O) groups excluding carboxylic acids is 1. The minimum atomic E-state index is -1.95. The lowest BCUT2D eigenvalue weighted by molar-refractivity contribution is -0.156. The lowest BCUT2D eigenvalue weighted by atomic mass is 10.1. The molecule has 0 aromatic heterocycles. The number of halogens is 1. The minimum absolute atomic E-state index is 0.0546. The highest BCUT2D eigenvalue weighted by molar-refractivity contribution is 5.80. The Kier molecular flexibility index (Phi) is 3.26. The van der Waals surface area contributed by atoms with E-state index in [1.54, 1.807) is 6.92 Å². The molecule has 0 amide bonds. The molecule has 1 aliphatic heterocycles. The number of hydrogen-bond acceptors (Lipinski definition) is 3. The summed E-state index contributed by atoms with van der Waals surface area (Å²) in [6, 6.07) is 0. The van der Waals surface area contributed by atoms with Crippen LogP contribution in [0.5, 0.6) is 0 Å². The van der Waals surface area contributed by atoms with Crippen molar-refractivity contribution in [2.75, 3.05) is 19.8 Å². The molecule has 0 saturated carbocycles. The van der Waals surface area contributed by atoms with Crippen LogP contribution in [0.15, 0.2) is 0 Å². The third-order valence-electron chi connectivity index (χ3n) is 1.79. The predicted molar refractivity (Wildman–Crippen MR) is 43.7 cm³/mol. The summed E-state index contributed by atoms with van der Waals surface area (Å²) in [4.78, 5) is 11.1. The number of alkyl halides is 1. The van der Waals surface area contributed by atoms with Gasteiger partial charge in [-0.05, 0) is 6.92 Å². The van der Waals surface area contributed by atoms with E-state index in [0.717, 1.165) is 0 Å². The second kappa shape index (κ2) is 4.24. The molecule has 0 aliphatic carbocycles. The van der Waals surface area contributed by atoms with Crippen molar-refractivity contribution in [2.45, 2.75) is 19.0 Å². The van der Waals surface area contributed by atoms with Crippen LogP contribution in [0.4, 0.5) is 4.39 Å². The fourth-order valence-electron chi connectivity index (χ4n) is 1.00. The zero-order chi connectivity index (χ0) is 9.73. The van der Waals surface area contributed by atoms with E-state index >= 15 is 0 Å². The highest BCUT2D eigenvalue weighted by Crippen LogP contribution is 2.24. The van der Waals surface area contributed by atoms with Gasteiger partial charge in [0, 0.05) is 6.42 Å². The van der Waals surface area contributed by atoms with E-state index in [1.165, 1.54) is 0 Å². The number of ether oxygens (including phenoxy) is 2. The van der Waals surface area contributed by atoms with Gasteiger partial charge in [-0.2, -0.15) is 0 Å². The summed E-state index contributed by atoms with van der Waals surface area (Å²) in [7, 11) is 0. The van der Waals surface area contributed by atoms with Gasteiger partial charge in [-0.3, -0.25) is 0 Å². The molecule has 13 heavy (non-hydrogen) atoms. The largest absolute Gasteiger partial charge is 0.450 e. The SMILES string of the molecule is CC#CCOC(=O)C1(F)CCOC1. The van der Waals surface area contributed by atoms with Crippen molar-refractivity contribution in [3.63, 3.8) is 0 Å². The summed E-state index contributed by atoms with van der Waals surface area (Å²) in [5.41, 5.74) is -1.95. The van der Waals surface area contributed by atoms with Crippen molar-refractivity contribution in [2.24, 2.45) is 0 Å². The molecule has 1 heterocycles. The quantitative estimate of drug-likeness (QED) is 0.470. The Hall–Kier alpha value is -1.08. The minimum Gasteiger partial charge on any atom is -0.450 e. The summed E-state index contributed by atoms with van der Waals surface area (Å²) in [6.45, 7) is 1.63. The first kappa shape index (κ1) is 10.0. The predicted octanol–water partition coefficient (Wildman–Crippen LogP) is 0.681. The lowest BCUT2D eigenvalue weighted by Gasteiger charge is -2.13. The van der Waals surface area contributed by atoms with Crippen molar-refractivity contribution in [1.82, 2.24) is 0 Å². The molecule has 0 spiro atoms. The van der Waals surface area contributed by atoms with E-state index in [-0.39, 0.29) is 26.2 Å². The first-order chi connectivity index (χ1) is 6.19. The van der Waals surface area contributed by atoms with Crippen LogP contribution in [0.1, 0.15) is 13.3 Å². The average molecular weight is 186 g/mol. The van der Waals surface area contributed by atoms with Crippen LogP contribution in [0.3, 0.4) is 0 Å². The number of hydrogen-bond donors (Lipinski definition) is 0. The number of rotatable bonds is 2. The molecule has 1 aliphatic rings. The van der Waals surface area contributed by atoms with Gasteiger partial charge in [-0.25, -0.2) is 9.18 Å². The van der Waals surface area contributed by atoms with Gasteiger partial charge in [-0.15, -0.1) is 5.92 Å². The Bertz CT molecular complexity index is 245. The number of esters is 1. The maximum absolute atomic E-state index is 13.5. The summed E-state index contributed by atoms with van der Waals surface area (Å²) in [5, 5.41) is 0. The molecular weight excluding hydrogens is 175 g/mol. The molecular formula is C9H11FO3. The summed E-state index contributed by atoms with van der Waals surface area (Å²) >= 11 is 0. The molecule has 0 radical (unpaired) electrons. The van der Waals surface area contributed by atoms with Gasteiger partial charge in [0.25, 0.3) is 0 Å². The third-order valence-corrected chi connectivity index (χ3v) is 1.79. The maximum Gasteiger partial charge on any atom is 0.347 e. The Morgan fingerprint density at radius 1 is 1.77 bits per heavy atom. The lowest BCUT2D eigenvalue weighted by Crippen LogP contribution is -2.36. The van der Waals surface area contributed by atoms with Crippen LogP contribution in [0.25, 0.3) is 0 Å². The van der Waals surface area contributed by atoms with Crippen LogP contribution in [0.2, 0.25) is 0 Å². The summed E-state index contributed by atoms with van der Waals surface area (Å²) in [5.74, 6) is 4.20. The smallest absolute Gasteiger partial charge is 0.347 e. The molecule has 0 aromatic carbocycles. The van der Waals surface area contributed by atoms with Crippen molar-refractivity contribution in [3.05, 3.63) is 0 Å². The van der Waals surface area contributed by atoms with Gasteiger partial charge in [0.15, 0.2) is 6.61 Å². The first-order valence-electron chi connectivity index (χ1n) is 4.02. The molecule has 1 saturated heterocycles. The van der Waals surface area contributed by atoms with Crippen molar-refractivity contribution >= 4 is 5.97 Å². The van der Waals surface area contributed by atoms with Crippen LogP contribution in [-0.4, -0.2) is 31.5 Å². The van der Waals surface area contributed by atoms with Crippen molar-refractivity contribution in [1.29, 1.82) is 0 Å². The Morgan fingerprint density at radius 2 is 2.54 bits per heavy atom. The van der Waals surface area contributed by atoms with Gasteiger partial charge in [0.05, 0.1) is 13.2 Å². The maximum atomic E-state index is 13.5. The van der Waals surface area contributed by atoms with Gasteiger partial charge >= 0.3 is 5.97 Å². The highest BCUT2D eigenvalue weighted by Gasteiger charge is 2.44. The topological polar surface area (TPSA) is 35.5 Å². The molecule has 0 N–H and O–H groups in total. The molecule has 1 fully saturated rings. The van der Waals surface area contributed by atoms with Crippen molar-refractivity contribution < 1.29 is 18.7 Å². The summed E-state index contributed by atoms with van der Waals surface area (Å²) in [6.07, 6.45) is 0.0748. The Morgan fingerprint density at radius 3 is 3.08 bits per heavy atom. The van der Waals surface area contributed by atoms with Crippen LogP contribution in [-0.2, 0) is 14.3 Å². The zero-order valence-corrected chi connectivity index (χ0v) is 7.43. The molecule has 1 unspecified atom stereocenters. The van der Waals surface area contributed by atoms with Crippen molar-refractivity contribution in [3.8, 4) is 11.8 Å². The van der Waals surface area contributed by atoms with E-state index in [1.807, 2.05) is 0 Å². The van der Waals surface area contributed by atoms with Gasteiger partial charge < -0.3 is 9.47 Å². The van der Waals surface area contributed by atoms with Gasteiger partial charge in [0.1, 0.15) is 0 Å². The highest BCUT2D eigenvalue weighted by atomic mass is 19.1. The van der Waals surface area contributed by atoms with E-state index in [4.69, 9.17) is 4.74 Å². The molecule has 1 rings (SSSR count). The number of carbonyl (C=O) groups is 1. The Labute approximate surface area is 76.2 Å². The zero-order valence-electron chi connectivity index (χ0n) is 7.43. The second-order valence-electron chi connectivity index (χ2n) is 2.77. The molecule has 72 valence electrons. The molecule has 0 bridgehead atoms. The standard InChI is InChI=1S/C9H11FO3/c1-2-3-5-13-8(11)9(10)4-6-12-7-9/h4-7H2,1H3. The third kappa shape index (κ3) is 2.43. The molecule has 3 nitrogen and oxygen atoms in total. The normalized spacial score (nSPS) is 26.3. The fraction of sp³-hybridized carbons (Fsp3) is 0.667. The monoisotopic (exact) mass is 186 g/mol. The van der Waals surface area contributed by atoms with E-state index in [2.05, 4.69) is 16.6 Å². The Balaban J connectivity index is 2.40. The van der Waals surface area contributed by atoms with Crippen LogP contribution >= 0.6 is 0 Å². The summed E-state index contributed by atoms with van der Waals surface area (Å²) < 4.78 is 22.9.